The fourth-order valence-electron chi connectivity index (χ4n) is 5.09. The van der Waals surface area contributed by atoms with Crippen LogP contribution in [0.25, 0.3) is 11.1 Å². The summed E-state index contributed by atoms with van der Waals surface area (Å²) in [5.74, 6) is 1.54. The zero-order chi connectivity index (χ0) is 31.9. The molecule has 2 aromatic carbocycles. The van der Waals surface area contributed by atoms with Gasteiger partial charge >= 0.3 is 6.09 Å². The van der Waals surface area contributed by atoms with E-state index in [1.54, 1.807) is 37.6 Å². The molecule has 9 nitrogen and oxygen atoms in total. The van der Waals surface area contributed by atoms with Crippen molar-refractivity contribution in [3.8, 4) is 22.6 Å². The molecule has 1 aliphatic heterocycles. The second-order valence-electron chi connectivity index (χ2n) is 11.6. The van der Waals surface area contributed by atoms with Gasteiger partial charge in [-0.1, -0.05) is 47.1 Å². The Morgan fingerprint density at radius 1 is 1.00 bits per heavy atom. The maximum Gasteiger partial charge on any atom is 0.410 e. The van der Waals surface area contributed by atoms with E-state index >= 15 is 0 Å². The molecule has 244 valence electrons. The number of carbonyl (C=O) groups is 2. The van der Waals surface area contributed by atoms with Gasteiger partial charge in [0.25, 0.3) is 0 Å². The van der Waals surface area contributed by atoms with Crippen LogP contribution in [0.1, 0.15) is 39.2 Å². The van der Waals surface area contributed by atoms with Gasteiger partial charge in [0.2, 0.25) is 5.91 Å². The molecule has 0 bridgehead atoms. The topological polar surface area (TPSA) is 103 Å². The Hall–Kier alpha value is -2.92. The number of ether oxygens (including phenoxy) is 3. The third-order valence-electron chi connectivity index (χ3n) is 7.11. The van der Waals surface area contributed by atoms with E-state index in [0.29, 0.717) is 46.2 Å². The number of carbonyl (C=O) groups excluding carboxylic acids is 2. The summed E-state index contributed by atoms with van der Waals surface area (Å²) < 4.78 is 16.4. The number of hydrogen-bond acceptors (Lipinski definition) is 8. The van der Waals surface area contributed by atoms with Crippen molar-refractivity contribution in [2.24, 2.45) is 5.92 Å². The summed E-state index contributed by atoms with van der Waals surface area (Å²) in [6.07, 6.45) is 5.27. The van der Waals surface area contributed by atoms with Crippen LogP contribution >= 0.6 is 47.4 Å². The van der Waals surface area contributed by atoms with Crippen molar-refractivity contribution < 1.29 is 23.8 Å². The van der Waals surface area contributed by atoms with Crippen LogP contribution in [-0.4, -0.2) is 71.6 Å². The summed E-state index contributed by atoms with van der Waals surface area (Å²) in [5, 5.41) is 4.51. The van der Waals surface area contributed by atoms with Gasteiger partial charge in [0.05, 0.1) is 30.0 Å². The van der Waals surface area contributed by atoms with Gasteiger partial charge in [0.15, 0.2) is 16.7 Å². The molecule has 1 aliphatic rings. The van der Waals surface area contributed by atoms with Gasteiger partial charge in [-0.25, -0.2) is 14.8 Å². The molecule has 0 spiro atoms. The normalized spacial score (nSPS) is 16.1. The Kier molecular flexibility index (Phi) is 13.5. The van der Waals surface area contributed by atoms with E-state index in [2.05, 4.69) is 15.3 Å². The van der Waals surface area contributed by atoms with Gasteiger partial charge in [0.1, 0.15) is 5.60 Å². The third-order valence-corrected chi connectivity index (χ3v) is 8.73. The number of rotatable bonds is 11. The largest absolute Gasteiger partial charge is 0.493 e. The summed E-state index contributed by atoms with van der Waals surface area (Å²) in [6.45, 7) is 6.57. The number of amides is 2. The number of thioether (sulfide) groups is 1. The highest BCUT2D eigenvalue weighted by Crippen LogP contribution is 2.33. The number of aromatic nitrogens is 2. The van der Waals surface area contributed by atoms with Gasteiger partial charge < -0.3 is 24.4 Å². The van der Waals surface area contributed by atoms with E-state index in [1.165, 1.54) is 11.8 Å². The van der Waals surface area contributed by atoms with Crippen LogP contribution in [0.15, 0.2) is 53.9 Å². The van der Waals surface area contributed by atoms with E-state index in [-0.39, 0.29) is 42.1 Å². The SMILES string of the molecule is COc1ccc(-c2cnc(SCC(=O)NCC[C@@H]3C[C@@H](Cc4ccc(Cl)c(Cl)c4)CN3C(=O)OC(C)(C)C)nc2)cc1OC.Cl. The summed E-state index contributed by atoms with van der Waals surface area (Å²) in [4.78, 5) is 36.3. The summed E-state index contributed by atoms with van der Waals surface area (Å²) in [5.41, 5.74) is 2.18. The van der Waals surface area contributed by atoms with E-state index in [0.717, 1.165) is 29.5 Å². The van der Waals surface area contributed by atoms with Crippen molar-refractivity contribution >= 4 is 59.4 Å². The van der Waals surface area contributed by atoms with Crippen molar-refractivity contribution in [2.75, 3.05) is 33.1 Å². The Balaban J connectivity index is 0.00000552. The van der Waals surface area contributed by atoms with Crippen molar-refractivity contribution in [3.05, 3.63) is 64.4 Å². The Morgan fingerprint density at radius 2 is 1.71 bits per heavy atom. The van der Waals surface area contributed by atoms with Crippen LogP contribution in [0.5, 0.6) is 11.5 Å². The number of nitrogens with one attached hydrogen (secondary N) is 1. The maximum absolute atomic E-state index is 13.0. The number of hydrogen-bond donors (Lipinski definition) is 1. The van der Waals surface area contributed by atoms with E-state index in [1.807, 2.05) is 51.1 Å². The highest BCUT2D eigenvalue weighted by molar-refractivity contribution is 7.99. The quantitative estimate of drug-likeness (QED) is 0.164. The fourth-order valence-corrected chi connectivity index (χ4v) is 6.03. The summed E-state index contributed by atoms with van der Waals surface area (Å²) in [6, 6.07) is 11.2. The van der Waals surface area contributed by atoms with Gasteiger partial charge in [-0.2, -0.15) is 0 Å². The first kappa shape index (κ1) is 36.5. The molecule has 2 amide bonds. The number of likely N-dealkylation sites (tertiary alicyclic amines) is 1. The van der Waals surface area contributed by atoms with Gasteiger partial charge in [-0.15, -0.1) is 12.4 Å². The molecule has 0 radical (unpaired) electrons. The molecule has 0 saturated carbocycles. The van der Waals surface area contributed by atoms with Gasteiger partial charge in [0, 0.05) is 37.1 Å². The molecule has 1 aromatic heterocycles. The highest BCUT2D eigenvalue weighted by atomic mass is 35.5. The average Bonchev–Trinajstić information content (AvgIpc) is 3.39. The maximum atomic E-state index is 13.0. The molecule has 0 aliphatic carbocycles. The molecular weight excluding hydrogens is 659 g/mol. The lowest BCUT2D eigenvalue weighted by Gasteiger charge is -2.28. The standard InChI is InChI=1S/C32H38Cl2N4O5S.ClH/c1-32(2,3)43-31(40)38-18-21(12-20-6-8-25(33)26(34)14-20)13-24(38)10-11-35-29(39)19-44-30-36-16-23(17-37-30)22-7-9-27(41-4)28(15-22)42-5;/h6-9,14-17,21,24H,10-13,18-19H2,1-5H3,(H,35,39);1H/t21-,24-;/m1./s1. The van der Waals surface area contributed by atoms with Crippen molar-refractivity contribution in [1.82, 2.24) is 20.2 Å². The molecule has 3 aromatic rings. The van der Waals surface area contributed by atoms with Crippen molar-refractivity contribution in [3.63, 3.8) is 0 Å². The monoisotopic (exact) mass is 696 g/mol. The molecule has 45 heavy (non-hydrogen) atoms. The van der Waals surface area contributed by atoms with Crippen molar-refractivity contribution in [2.45, 2.75) is 56.8 Å². The van der Waals surface area contributed by atoms with Crippen molar-refractivity contribution in [1.29, 1.82) is 0 Å². The lowest BCUT2D eigenvalue weighted by atomic mass is 9.96. The number of nitrogens with zero attached hydrogens (tertiary/aromatic N) is 3. The molecule has 1 N–H and O–H groups in total. The fraction of sp³-hybridized carbons (Fsp3) is 0.438. The van der Waals surface area contributed by atoms with Crippen LogP contribution in [0.2, 0.25) is 10.0 Å². The molecule has 2 atom stereocenters. The number of methoxy groups -OCH3 is 2. The van der Waals surface area contributed by atoms with E-state index in [9.17, 15) is 9.59 Å². The average molecular weight is 698 g/mol. The molecule has 0 unspecified atom stereocenters. The smallest absolute Gasteiger partial charge is 0.410 e. The zero-order valence-corrected chi connectivity index (χ0v) is 29.1. The molecule has 2 heterocycles. The molecule has 13 heteroatoms. The van der Waals surface area contributed by atoms with Crippen LogP contribution in [0, 0.1) is 5.92 Å². The first-order valence-electron chi connectivity index (χ1n) is 14.3. The lowest BCUT2D eigenvalue weighted by molar-refractivity contribution is -0.118. The predicted molar refractivity (Wildman–Crippen MR) is 181 cm³/mol. The Labute approximate surface area is 285 Å². The molecular formula is C32H39Cl3N4O5S. The number of halogens is 3. The Bertz CT molecular complexity index is 1460. The molecule has 1 fully saturated rings. The first-order chi connectivity index (χ1) is 21.0. The van der Waals surface area contributed by atoms with E-state index < -0.39 is 5.60 Å². The van der Waals surface area contributed by atoms with Gasteiger partial charge in [-0.3, -0.25) is 4.79 Å². The minimum Gasteiger partial charge on any atom is -0.493 e. The second-order valence-corrected chi connectivity index (χ2v) is 13.3. The molecule has 1 saturated heterocycles. The second kappa shape index (κ2) is 16.6. The van der Waals surface area contributed by atoms with Crippen LogP contribution in [-0.2, 0) is 16.0 Å². The minimum absolute atomic E-state index is 0. The van der Waals surface area contributed by atoms with Crippen LogP contribution < -0.4 is 14.8 Å². The Morgan fingerprint density at radius 3 is 2.36 bits per heavy atom. The zero-order valence-electron chi connectivity index (χ0n) is 26.0. The predicted octanol–water partition coefficient (Wildman–Crippen LogP) is 7.36. The highest BCUT2D eigenvalue weighted by Gasteiger charge is 2.37. The lowest BCUT2D eigenvalue weighted by Crippen LogP contribution is -2.41. The van der Waals surface area contributed by atoms with Crippen LogP contribution in [0.3, 0.4) is 0 Å². The summed E-state index contributed by atoms with van der Waals surface area (Å²) in [7, 11) is 3.18. The van der Waals surface area contributed by atoms with Crippen LogP contribution in [0.4, 0.5) is 4.79 Å². The number of benzene rings is 2. The minimum atomic E-state index is -0.601. The molecule has 4 rings (SSSR count). The summed E-state index contributed by atoms with van der Waals surface area (Å²) >= 11 is 13.6. The first-order valence-corrected chi connectivity index (χ1v) is 16.1. The van der Waals surface area contributed by atoms with Gasteiger partial charge in [-0.05, 0) is 81.3 Å². The van der Waals surface area contributed by atoms with E-state index in [4.69, 9.17) is 37.4 Å². The third kappa shape index (κ3) is 10.6.